The maximum absolute atomic E-state index is 10.3. The van der Waals surface area contributed by atoms with Crippen LogP contribution in [-0.4, -0.2) is 67.1 Å². The summed E-state index contributed by atoms with van der Waals surface area (Å²) in [5, 5.41) is 11.3. The van der Waals surface area contributed by atoms with E-state index in [9.17, 15) is 5.11 Å². The normalized spacial score (nSPS) is 18.0. The molecule has 1 unspecified atom stereocenters. The molecule has 0 bridgehead atoms. The van der Waals surface area contributed by atoms with Gasteiger partial charge in [-0.1, -0.05) is 29.3 Å². The van der Waals surface area contributed by atoms with E-state index in [0.717, 1.165) is 44.2 Å². The first-order chi connectivity index (χ1) is 14.1. The van der Waals surface area contributed by atoms with Crippen LogP contribution in [0.3, 0.4) is 0 Å². The van der Waals surface area contributed by atoms with Gasteiger partial charge < -0.3 is 19.3 Å². The van der Waals surface area contributed by atoms with Gasteiger partial charge in [-0.25, -0.2) is 0 Å². The minimum atomic E-state index is -0.581. The number of nitrogens with zero attached hydrogens (tertiary/aromatic N) is 2. The van der Waals surface area contributed by atoms with Gasteiger partial charge in [0.25, 0.3) is 0 Å². The molecule has 2 aliphatic heterocycles. The van der Waals surface area contributed by atoms with Crippen LogP contribution in [0.15, 0.2) is 36.4 Å². The molecule has 1 atom stereocenters. The molecule has 0 radical (unpaired) electrons. The van der Waals surface area contributed by atoms with Gasteiger partial charge in [-0.05, 0) is 35.9 Å². The Morgan fingerprint density at radius 2 is 1.72 bits per heavy atom. The van der Waals surface area contributed by atoms with E-state index in [0.29, 0.717) is 29.1 Å². The van der Waals surface area contributed by atoms with E-state index in [4.69, 9.17) is 37.4 Å². The maximum Gasteiger partial charge on any atom is 0.231 e. The number of aliphatic hydroxyl groups excluding tert-OH is 1. The number of aliphatic hydroxyl groups is 1. The first-order valence-electron chi connectivity index (χ1n) is 9.66. The summed E-state index contributed by atoms with van der Waals surface area (Å²) in [6, 6.07) is 11.2. The molecule has 29 heavy (non-hydrogen) atoms. The summed E-state index contributed by atoms with van der Waals surface area (Å²) in [4.78, 5) is 4.66. The van der Waals surface area contributed by atoms with Crippen LogP contribution in [0.2, 0.25) is 10.0 Å². The fourth-order valence-electron chi connectivity index (χ4n) is 3.56. The van der Waals surface area contributed by atoms with Crippen molar-refractivity contribution in [1.29, 1.82) is 0 Å². The first kappa shape index (κ1) is 20.6. The molecule has 2 aromatic rings. The van der Waals surface area contributed by atoms with E-state index in [1.807, 2.05) is 6.07 Å². The third-order valence-electron chi connectivity index (χ3n) is 5.10. The molecule has 4 rings (SSSR count). The molecule has 8 heteroatoms. The Kier molecular flexibility index (Phi) is 6.67. The fraction of sp³-hybridized carbons (Fsp3) is 0.429. The SMILES string of the molecule is OC(COc1ccc(Cl)cc1Cl)CN1CCN(Cc2ccc3c(c2)OCO3)CC1. The second-order valence-electron chi connectivity index (χ2n) is 7.30. The lowest BCUT2D eigenvalue weighted by Gasteiger charge is -2.35. The number of hydrogen-bond acceptors (Lipinski definition) is 6. The minimum Gasteiger partial charge on any atom is -0.489 e. The maximum atomic E-state index is 10.3. The highest BCUT2D eigenvalue weighted by Crippen LogP contribution is 2.33. The summed E-state index contributed by atoms with van der Waals surface area (Å²) in [5.41, 5.74) is 1.22. The second kappa shape index (κ2) is 9.41. The Morgan fingerprint density at radius 3 is 2.52 bits per heavy atom. The average Bonchev–Trinajstić information content (AvgIpc) is 3.17. The molecule has 0 amide bonds. The smallest absolute Gasteiger partial charge is 0.231 e. The molecule has 2 aromatic carbocycles. The van der Waals surface area contributed by atoms with Crippen molar-refractivity contribution in [1.82, 2.24) is 9.80 Å². The highest BCUT2D eigenvalue weighted by atomic mass is 35.5. The van der Waals surface area contributed by atoms with Crippen LogP contribution in [-0.2, 0) is 6.54 Å². The van der Waals surface area contributed by atoms with Crippen molar-refractivity contribution < 1.29 is 19.3 Å². The van der Waals surface area contributed by atoms with Crippen LogP contribution in [0.1, 0.15) is 5.56 Å². The zero-order valence-corrected chi connectivity index (χ0v) is 17.5. The highest BCUT2D eigenvalue weighted by molar-refractivity contribution is 6.35. The monoisotopic (exact) mass is 438 g/mol. The van der Waals surface area contributed by atoms with Crippen molar-refractivity contribution in [3.8, 4) is 17.2 Å². The van der Waals surface area contributed by atoms with Gasteiger partial charge in [0.05, 0.1) is 5.02 Å². The number of piperazine rings is 1. The number of ether oxygens (including phenoxy) is 3. The van der Waals surface area contributed by atoms with E-state index in [-0.39, 0.29) is 6.61 Å². The number of halogens is 2. The molecule has 2 aliphatic rings. The lowest BCUT2D eigenvalue weighted by molar-refractivity contribution is 0.0446. The largest absolute Gasteiger partial charge is 0.489 e. The van der Waals surface area contributed by atoms with E-state index in [1.54, 1.807) is 18.2 Å². The average molecular weight is 439 g/mol. The zero-order valence-electron chi connectivity index (χ0n) is 16.0. The Balaban J connectivity index is 1.19. The van der Waals surface area contributed by atoms with Gasteiger partial charge in [-0.15, -0.1) is 0 Å². The Bertz CT molecular complexity index is 843. The van der Waals surface area contributed by atoms with E-state index in [1.165, 1.54) is 5.56 Å². The predicted molar refractivity (Wildman–Crippen MR) is 112 cm³/mol. The van der Waals surface area contributed by atoms with Gasteiger partial charge in [0.15, 0.2) is 11.5 Å². The van der Waals surface area contributed by atoms with E-state index in [2.05, 4.69) is 21.9 Å². The van der Waals surface area contributed by atoms with Crippen LogP contribution < -0.4 is 14.2 Å². The Labute approximate surface area is 180 Å². The molecule has 0 spiro atoms. The molecular formula is C21H24Cl2N2O4. The molecule has 0 aromatic heterocycles. The van der Waals surface area contributed by atoms with Crippen molar-refractivity contribution in [3.05, 3.63) is 52.0 Å². The molecule has 0 aliphatic carbocycles. The number of hydrogen-bond donors (Lipinski definition) is 1. The fourth-order valence-corrected chi connectivity index (χ4v) is 4.02. The molecule has 1 fully saturated rings. The summed E-state index contributed by atoms with van der Waals surface area (Å²) in [7, 11) is 0. The summed E-state index contributed by atoms with van der Waals surface area (Å²) in [5.74, 6) is 2.17. The Morgan fingerprint density at radius 1 is 0.966 bits per heavy atom. The quantitative estimate of drug-likeness (QED) is 0.715. The molecule has 6 nitrogen and oxygen atoms in total. The second-order valence-corrected chi connectivity index (χ2v) is 8.15. The number of rotatable bonds is 7. The van der Waals surface area contributed by atoms with Crippen LogP contribution in [0.4, 0.5) is 0 Å². The number of β-amino-alcohol motifs (C(OH)–C–C–N with tert-alkyl or cyclic N) is 1. The van der Waals surface area contributed by atoms with Crippen molar-refractivity contribution in [2.75, 3.05) is 46.1 Å². The van der Waals surface area contributed by atoms with Gasteiger partial charge >= 0.3 is 0 Å². The van der Waals surface area contributed by atoms with Crippen LogP contribution in [0, 0.1) is 0 Å². The molecule has 2 heterocycles. The standard InChI is InChI=1S/C21H24Cl2N2O4/c22-16-2-4-19(18(23)10-16)27-13-17(26)12-25-7-5-24(6-8-25)11-15-1-3-20-21(9-15)29-14-28-20/h1-4,9-10,17,26H,5-8,11-14H2. The minimum absolute atomic E-state index is 0.193. The third-order valence-corrected chi connectivity index (χ3v) is 5.63. The van der Waals surface area contributed by atoms with E-state index < -0.39 is 6.10 Å². The van der Waals surface area contributed by atoms with Gasteiger partial charge in [0.2, 0.25) is 6.79 Å². The van der Waals surface area contributed by atoms with Crippen molar-refractivity contribution in [3.63, 3.8) is 0 Å². The molecule has 156 valence electrons. The molecule has 1 N–H and O–H groups in total. The van der Waals surface area contributed by atoms with Crippen molar-refractivity contribution >= 4 is 23.2 Å². The molecule has 0 saturated carbocycles. The molecule has 1 saturated heterocycles. The lowest BCUT2D eigenvalue weighted by atomic mass is 10.1. The highest BCUT2D eigenvalue weighted by Gasteiger charge is 2.21. The summed E-state index contributed by atoms with van der Waals surface area (Å²) in [6.45, 7) is 5.66. The summed E-state index contributed by atoms with van der Waals surface area (Å²) in [6.07, 6.45) is -0.581. The van der Waals surface area contributed by atoms with Crippen molar-refractivity contribution in [2.45, 2.75) is 12.6 Å². The van der Waals surface area contributed by atoms with Crippen LogP contribution in [0.25, 0.3) is 0 Å². The Hall–Kier alpha value is -1.70. The molecular weight excluding hydrogens is 415 g/mol. The van der Waals surface area contributed by atoms with Gasteiger partial charge in [0, 0.05) is 44.3 Å². The van der Waals surface area contributed by atoms with Gasteiger partial charge in [-0.3, -0.25) is 9.80 Å². The predicted octanol–water partition coefficient (Wildman–Crippen LogP) is 3.28. The lowest BCUT2D eigenvalue weighted by Crippen LogP contribution is -2.48. The topological polar surface area (TPSA) is 54.4 Å². The van der Waals surface area contributed by atoms with Gasteiger partial charge in [-0.2, -0.15) is 0 Å². The van der Waals surface area contributed by atoms with Crippen LogP contribution >= 0.6 is 23.2 Å². The zero-order chi connectivity index (χ0) is 20.2. The summed E-state index contributed by atoms with van der Waals surface area (Å²) >= 11 is 12.0. The number of fused-ring (bicyclic) bond motifs is 1. The number of benzene rings is 2. The van der Waals surface area contributed by atoms with Crippen LogP contribution in [0.5, 0.6) is 17.2 Å². The van der Waals surface area contributed by atoms with Gasteiger partial charge in [0.1, 0.15) is 18.5 Å². The third kappa shape index (κ3) is 5.47. The first-order valence-corrected chi connectivity index (χ1v) is 10.4. The summed E-state index contributed by atoms with van der Waals surface area (Å²) < 4.78 is 16.5. The van der Waals surface area contributed by atoms with E-state index >= 15 is 0 Å². The van der Waals surface area contributed by atoms with Crippen molar-refractivity contribution in [2.24, 2.45) is 0 Å².